The van der Waals surface area contributed by atoms with Gasteiger partial charge in [0.25, 0.3) is 0 Å². The Kier molecular flexibility index (Phi) is 6.06. The van der Waals surface area contributed by atoms with Gasteiger partial charge >= 0.3 is 7.60 Å². The number of nitrogen functional groups attached to an aromatic ring is 1. The lowest BCUT2D eigenvalue weighted by Gasteiger charge is -2.16. The topological polar surface area (TPSA) is 105 Å². The molecule has 0 aliphatic carbocycles. The molecule has 2 heterocycles. The molecule has 0 spiro atoms. The van der Waals surface area contributed by atoms with E-state index in [0.29, 0.717) is 11.2 Å². The second-order valence-electron chi connectivity index (χ2n) is 4.33. The lowest BCUT2D eigenvalue weighted by Crippen LogP contribution is -2.02. The van der Waals surface area contributed by atoms with Gasteiger partial charge in [-0.3, -0.25) is 4.57 Å². The lowest BCUT2D eigenvalue weighted by molar-refractivity contribution is 0.219. The highest BCUT2D eigenvalue weighted by Crippen LogP contribution is 2.58. The van der Waals surface area contributed by atoms with Crippen LogP contribution in [0.1, 0.15) is 13.8 Å². The van der Waals surface area contributed by atoms with Crippen molar-refractivity contribution < 1.29 is 18.0 Å². The van der Waals surface area contributed by atoms with Gasteiger partial charge in [-0.05, 0) is 36.4 Å². The van der Waals surface area contributed by atoms with E-state index in [4.69, 9.17) is 14.8 Å². The maximum Gasteiger partial charge on any atom is 0.390 e. The monoisotopic (exact) mass is 455 g/mol. The third-order valence-corrected chi connectivity index (χ3v) is 5.99. The summed E-state index contributed by atoms with van der Waals surface area (Å²) >= 11 is 1.76. The van der Waals surface area contributed by atoms with Crippen LogP contribution in [0.3, 0.4) is 0 Å². The molecule has 2 N–H and O–H groups in total. The molecule has 0 aliphatic rings. The lowest BCUT2D eigenvalue weighted by atomic mass is 10.5. The van der Waals surface area contributed by atoms with Gasteiger partial charge in [0.05, 0.1) is 29.7 Å². The SMILES string of the molecule is CCOP(=O)(OCC)/C(F)=C(/I)Cn1cnc2c(N)ncnc21. The van der Waals surface area contributed by atoms with Crippen molar-refractivity contribution in [3.8, 4) is 0 Å². The zero-order valence-corrected chi connectivity index (χ0v) is 15.6. The molecule has 0 saturated heterocycles. The fourth-order valence-corrected chi connectivity index (χ4v) is 4.47. The summed E-state index contributed by atoms with van der Waals surface area (Å²) in [4.78, 5) is 12.0. The van der Waals surface area contributed by atoms with Crippen molar-refractivity contribution in [2.45, 2.75) is 20.4 Å². The van der Waals surface area contributed by atoms with Crippen LogP contribution in [0.2, 0.25) is 0 Å². The van der Waals surface area contributed by atoms with Crippen LogP contribution in [0.5, 0.6) is 0 Å². The molecule has 0 radical (unpaired) electrons. The van der Waals surface area contributed by atoms with Crippen molar-refractivity contribution in [2.24, 2.45) is 0 Å². The smallest absolute Gasteiger partial charge is 0.382 e. The molecule has 2 aromatic rings. The first-order chi connectivity index (χ1) is 10.9. The van der Waals surface area contributed by atoms with E-state index in [1.54, 1.807) is 41.0 Å². The van der Waals surface area contributed by atoms with Crippen molar-refractivity contribution in [2.75, 3.05) is 18.9 Å². The third kappa shape index (κ3) is 3.87. The molecule has 0 amide bonds. The summed E-state index contributed by atoms with van der Waals surface area (Å²) < 4.78 is 38.8. The number of aromatic nitrogens is 4. The molecule has 0 bridgehead atoms. The number of fused-ring (bicyclic) bond motifs is 1. The van der Waals surface area contributed by atoms with Crippen LogP contribution in [-0.4, -0.2) is 32.7 Å². The molecule has 0 aromatic carbocycles. The van der Waals surface area contributed by atoms with E-state index in [-0.39, 0.29) is 29.2 Å². The zero-order valence-electron chi connectivity index (χ0n) is 12.6. The highest BCUT2D eigenvalue weighted by molar-refractivity contribution is 14.1. The van der Waals surface area contributed by atoms with Crippen LogP contribution in [0, 0.1) is 0 Å². The molecule has 0 saturated carbocycles. The maximum atomic E-state index is 14.6. The number of allylic oxidation sites excluding steroid dienone is 1. The molecule has 8 nitrogen and oxygen atoms in total. The Hall–Kier alpha value is -1.10. The van der Waals surface area contributed by atoms with E-state index < -0.39 is 13.2 Å². The van der Waals surface area contributed by atoms with Crippen LogP contribution >= 0.6 is 30.2 Å². The molecule has 2 aromatic heterocycles. The predicted octanol–water partition coefficient (Wildman–Crippen LogP) is 3.25. The van der Waals surface area contributed by atoms with Crippen LogP contribution in [0.4, 0.5) is 10.2 Å². The highest BCUT2D eigenvalue weighted by atomic mass is 127. The predicted molar refractivity (Wildman–Crippen MR) is 92.7 cm³/mol. The van der Waals surface area contributed by atoms with Gasteiger partial charge in [0, 0.05) is 0 Å². The minimum absolute atomic E-state index is 0.0729. The molecule has 0 atom stereocenters. The normalized spacial score (nSPS) is 13.4. The van der Waals surface area contributed by atoms with Gasteiger partial charge < -0.3 is 19.3 Å². The van der Waals surface area contributed by atoms with E-state index in [9.17, 15) is 8.96 Å². The molecular formula is C12H16FIN5O3P. The van der Waals surface area contributed by atoms with Gasteiger partial charge in [-0.15, -0.1) is 0 Å². The van der Waals surface area contributed by atoms with Crippen molar-refractivity contribution in [3.63, 3.8) is 0 Å². The Morgan fingerprint density at radius 3 is 2.61 bits per heavy atom. The number of anilines is 1. The van der Waals surface area contributed by atoms with Gasteiger partial charge in [-0.1, -0.05) is 0 Å². The Labute approximate surface area is 146 Å². The number of halogens is 2. The summed E-state index contributed by atoms with van der Waals surface area (Å²) in [5.41, 5.74) is 5.68. The average Bonchev–Trinajstić information content (AvgIpc) is 2.91. The highest BCUT2D eigenvalue weighted by Gasteiger charge is 2.33. The van der Waals surface area contributed by atoms with Crippen LogP contribution in [0.15, 0.2) is 21.8 Å². The van der Waals surface area contributed by atoms with Gasteiger partial charge in [0.1, 0.15) is 11.8 Å². The van der Waals surface area contributed by atoms with Gasteiger partial charge in [0.2, 0.25) is 5.57 Å². The van der Waals surface area contributed by atoms with E-state index in [2.05, 4.69) is 15.0 Å². The molecule has 0 unspecified atom stereocenters. The van der Waals surface area contributed by atoms with Gasteiger partial charge in [0.15, 0.2) is 11.5 Å². The van der Waals surface area contributed by atoms with E-state index >= 15 is 0 Å². The summed E-state index contributed by atoms with van der Waals surface area (Å²) in [7, 11) is -3.94. The fourth-order valence-electron chi connectivity index (χ4n) is 1.87. The third-order valence-electron chi connectivity index (χ3n) is 2.80. The Balaban J connectivity index is 2.36. The van der Waals surface area contributed by atoms with E-state index in [1.165, 1.54) is 12.7 Å². The standard InChI is InChI=1S/C12H16FIN5O3P/c1-3-21-23(20,22-4-2)10(13)8(14)5-19-7-18-9-11(15)16-6-17-12(9)19/h6-7H,3-5H2,1-2H3,(H2,15,16,17)/b10-8+. The van der Waals surface area contributed by atoms with Gasteiger partial charge in [-0.25, -0.2) is 15.0 Å². The largest absolute Gasteiger partial charge is 0.390 e. The van der Waals surface area contributed by atoms with E-state index in [1.807, 2.05) is 0 Å². The molecule has 126 valence electrons. The molecule has 11 heteroatoms. The number of rotatable bonds is 7. The fraction of sp³-hybridized carbons (Fsp3) is 0.417. The summed E-state index contributed by atoms with van der Waals surface area (Å²) in [6, 6.07) is 0. The van der Waals surface area contributed by atoms with Crippen LogP contribution in [0.25, 0.3) is 11.2 Å². The number of hydrogen-bond acceptors (Lipinski definition) is 7. The van der Waals surface area contributed by atoms with Gasteiger partial charge in [-0.2, -0.15) is 4.39 Å². The zero-order chi connectivity index (χ0) is 17.0. The summed E-state index contributed by atoms with van der Waals surface area (Å²) in [5, 5.41) is 0. The average molecular weight is 455 g/mol. The Bertz CT molecular complexity index is 771. The number of nitrogens with zero attached hydrogens (tertiary/aromatic N) is 4. The number of nitrogens with two attached hydrogens (primary N) is 1. The summed E-state index contributed by atoms with van der Waals surface area (Å²) in [6.45, 7) is 3.46. The molecule has 0 fully saturated rings. The van der Waals surface area contributed by atoms with Crippen LogP contribution in [-0.2, 0) is 20.2 Å². The second-order valence-corrected chi connectivity index (χ2v) is 7.54. The summed E-state index contributed by atoms with van der Waals surface area (Å²) in [6.07, 6.45) is 2.77. The molecular weight excluding hydrogens is 439 g/mol. The Morgan fingerprint density at radius 1 is 1.35 bits per heavy atom. The minimum Gasteiger partial charge on any atom is -0.382 e. The number of imidazole rings is 1. The maximum absolute atomic E-state index is 14.6. The first kappa shape index (κ1) is 18.2. The van der Waals surface area contributed by atoms with Crippen LogP contribution < -0.4 is 5.73 Å². The van der Waals surface area contributed by atoms with Crippen molar-refractivity contribution in [1.29, 1.82) is 0 Å². The van der Waals surface area contributed by atoms with Crippen molar-refractivity contribution in [3.05, 3.63) is 21.8 Å². The Morgan fingerprint density at radius 2 is 2.00 bits per heavy atom. The molecule has 23 heavy (non-hydrogen) atoms. The van der Waals surface area contributed by atoms with E-state index in [0.717, 1.165) is 0 Å². The van der Waals surface area contributed by atoms with Crippen molar-refractivity contribution >= 4 is 47.2 Å². The summed E-state index contributed by atoms with van der Waals surface area (Å²) in [5.74, 6) is 0.238. The first-order valence-electron chi connectivity index (χ1n) is 6.78. The molecule has 2 rings (SSSR count). The quantitative estimate of drug-likeness (QED) is 0.505. The first-order valence-corrected chi connectivity index (χ1v) is 9.40. The molecule has 0 aliphatic heterocycles. The minimum atomic E-state index is -3.94. The second kappa shape index (κ2) is 7.65. The van der Waals surface area contributed by atoms with Crippen molar-refractivity contribution in [1.82, 2.24) is 19.5 Å². The number of hydrogen-bond donors (Lipinski definition) is 1.